The summed E-state index contributed by atoms with van der Waals surface area (Å²) in [7, 11) is 0. The lowest BCUT2D eigenvalue weighted by atomic mass is 9.97. The fourth-order valence-electron chi connectivity index (χ4n) is 5.86. The lowest BCUT2D eigenvalue weighted by Crippen LogP contribution is -2.31. The fraction of sp³-hybridized carbons (Fsp3) is 0.243. The number of fused-ring (bicyclic) bond motifs is 2. The number of halogens is 2. The van der Waals surface area contributed by atoms with Crippen LogP contribution in [0.2, 0.25) is 0 Å². The third-order valence-electron chi connectivity index (χ3n) is 8.27. The molecule has 1 aliphatic rings. The van der Waals surface area contributed by atoms with Crippen LogP contribution in [0.25, 0.3) is 5.65 Å². The summed E-state index contributed by atoms with van der Waals surface area (Å²) >= 11 is 0. The highest BCUT2D eigenvalue weighted by Gasteiger charge is 2.30. The highest BCUT2D eigenvalue weighted by atomic mass is 19.2. The number of rotatable bonds is 8. The molecule has 6 rings (SSSR count). The maximum atomic E-state index is 14.0. The van der Waals surface area contributed by atoms with Crippen molar-refractivity contribution in [2.75, 3.05) is 5.32 Å². The van der Waals surface area contributed by atoms with E-state index in [9.17, 15) is 28.0 Å². The molecule has 0 aliphatic heterocycles. The van der Waals surface area contributed by atoms with Crippen LogP contribution in [-0.4, -0.2) is 43.9 Å². The molecule has 1 aliphatic carbocycles. The number of hydrogen-bond donors (Lipinski definition) is 3. The van der Waals surface area contributed by atoms with E-state index in [0.29, 0.717) is 29.7 Å². The molecule has 0 bridgehead atoms. The normalized spacial score (nSPS) is 13.8. The summed E-state index contributed by atoms with van der Waals surface area (Å²) in [6.07, 6.45) is 2.42. The summed E-state index contributed by atoms with van der Waals surface area (Å²) < 4.78 is 33.9. The Morgan fingerprint density at radius 3 is 2.40 bits per heavy atom. The van der Waals surface area contributed by atoms with Crippen LogP contribution in [0, 0.1) is 18.6 Å². The second-order valence-corrected chi connectivity index (χ2v) is 12.9. The van der Waals surface area contributed by atoms with Crippen molar-refractivity contribution in [3.63, 3.8) is 0 Å². The number of amides is 3. The van der Waals surface area contributed by atoms with E-state index in [1.165, 1.54) is 22.8 Å². The maximum Gasteiger partial charge on any atom is 0.338 e. The van der Waals surface area contributed by atoms with Gasteiger partial charge in [-0.25, -0.2) is 23.1 Å². The predicted molar refractivity (Wildman–Crippen MR) is 180 cm³/mol. The second-order valence-electron chi connectivity index (χ2n) is 12.9. The second kappa shape index (κ2) is 13.5. The molecule has 2 aromatic heterocycles. The summed E-state index contributed by atoms with van der Waals surface area (Å²) in [4.78, 5) is 57.9. The van der Waals surface area contributed by atoms with Gasteiger partial charge in [-0.05, 0) is 93.1 Å². The molecule has 0 fully saturated rings. The van der Waals surface area contributed by atoms with Gasteiger partial charge in [-0.15, -0.1) is 0 Å². The molecule has 1 atom stereocenters. The van der Waals surface area contributed by atoms with Crippen LogP contribution in [-0.2, 0) is 17.7 Å². The maximum absolute atomic E-state index is 14.0. The Morgan fingerprint density at radius 2 is 1.68 bits per heavy atom. The number of nitrogens with one attached hydrogen (secondary N) is 3. The molecule has 3 aromatic carbocycles. The number of ether oxygens (including phenoxy) is 1. The molecule has 50 heavy (non-hydrogen) atoms. The van der Waals surface area contributed by atoms with Crippen LogP contribution in [0.15, 0.2) is 72.9 Å². The van der Waals surface area contributed by atoms with Crippen LogP contribution in [0.4, 0.5) is 14.5 Å². The van der Waals surface area contributed by atoms with Crippen molar-refractivity contribution in [2.45, 2.75) is 58.7 Å². The average Bonchev–Trinajstić information content (AvgIpc) is 3.69. The van der Waals surface area contributed by atoms with E-state index in [-0.39, 0.29) is 29.1 Å². The molecule has 2 heterocycles. The quantitative estimate of drug-likeness (QED) is 0.174. The fourth-order valence-corrected chi connectivity index (χ4v) is 5.86. The zero-order chi connectivity index (χ0) is 35.7. The first-order valence-corrected chi connectivity index (χ1v) is 15.9. The number of carbonyl (C=O) groups is 4. The van der Waals surface area contributed by atoms with Crippen molar-refractivity contribution in [3.05, 3.63) is 129 Å². The van der Waals surface area contributed by atoms with Gasteiger partial charge < -0.3 is 20.7 Å². The number of benzene rings is 3. The minimum atomic E-state index is -1.06. The molecular formula is C37H34F2N6O5. The summed E-state index contributed by atoms with van der Waals surface area (Å²) in [6.45, 7) is 7.10. The molecule has 256 valence electrons. The molecule has 0 spiro atoms. The number of aromatic nitrogens is 3. The number of anilines is 1. The summed E-state index contributed by atoms with van der Waals surface area (Å²) in [5.41, 5.74) is 2.87. The zero-order valence-electron chi connectivity index (χ0n) is 27.8. The van der Waals surface area contributed by atoms with E-state index in [1.54, 1.807) is 63.2 Å². The van der Waals surface area contributed by atoms with E-state index < -0.39 is 47.0 Å². The van der Waals surface area contributed by atoms with Gasteiger partial charge in [0.15, 0.2) is 17.3 Å². The Balaban J connectivity index is 1.31. The average molecular weight is 681 g/mol. The molecule has 0 unspecified atom stereocenters. The number of nitrogens with zero attached hydrogens (tertiary/aromatic N) is 3. The van der Waals surface area contributed by atoms with Crippen molar-refractivity contribution in [3.8, 4) is 0 Å². The Hall–Kier alpha value is -5.98. The molecule has 13 heteroatoms. The van der Waals surface area contributed by atoms with Gasteiger partial charge in [0.25, 0.3) is 17.7 Å². The molecule has 3 amide bonds. The summed E-state index contributed by atoms with van der Waals surface area (Å²) in [6, 6.07) is 16.3. The van der Waals surface area contributed by atoms with Gasteiger partial charge in [0, 0.05) is 18.3 Å². The van der Waals surface area contributed by atoms with E-state index in [0.717, 1.165) is 28.8 Å². The molecular weight excluding hydrogens is 646 g/mol. The monoisotopic (exact) mass is 680 g/mol. The zero-order valence-corrected chi connectivity index (χ0v) is 27.8. The SMILES string of the molecule is Cc1c(C(=O)OC(C)(C)C)ccc2c1CC[C@@H]2NC(=O)c1cc(C(=O)NCc2ccc(F)c(F)c2)nc2c(C(=O)Nc3ccccc3)cnn12. The topological polar surface area (TPSA) is 144 Å². The Bertz CT molecular complexity index is 2160. The van der Waals surface area contributed by atoms with Crippen LogP contribution in [0.1, 0.15) is 97.2 Å². The number of para-hydroxylation sites is 1. The first-order chi connectivity index (χ1) is 23.8. The Morgan fingerprint density at radius 1 is 0.920 bits per heavy atom. The van der Waals surface area contributed by atoms with Crippen molar-refractivity contribution in [2.24, 2.45) is 0 Å². The first-order valence-electron chi connectivity index (χ1n) is 15.9. The Kier molecular flexibility index (Phi) is 9.15. The van der Waals surface area contributed by atoms with Crippen molar-refractivity contribution in [1.29, 1.82) is 0 Å². The summed E-state index contributed by atoms with van der Waals surface area (Å²) in [5, 5.41) is 12.7. The lowest BCUT2D eigenvalue weighted by Gasteiger charge is -2.21. The molecule has 0 saturated heterocycles. The first kappa shape index (κ1) is 33.9. The van der Waals surface area contributed by atoms with Crippen LogP contribution in [0.3, 0.4) is 0 Å². The smallest absolute Gasteiger partial charge is 0.338 e. The molecule has 5 aromatic rings. The van der Waals surface area contributed by atoms with E-state index >= 15 is 0 Å². The lowest BCUT2D eigenvalue weighted by molar-refractivity contribution is 0.00682. The van der Waals surface area contributed by atoms with E-state index in [4.69, 9.17) is 4.74 Å². The molecule has 0 radical (unpaired) electrons. The van der Waals surface area contributed by atoms with Crippen LogP contribution < -0.4 is 16.0 Å². The van der Waals surface area contributed by atoms with Gasteiger partial charge in [0.1, 0.15) is 22.6 Å². The van der Waals surface area contributed by atoms with Crippen LogP contribution in [0.5, 0.6) is 0 Å². The highest BCUT2D eigenvalue weighted by molar-refractivity contribution is 6.09. The van der Waals surface area contributed by atoms with Gasteiger partial charge in [0.2, 0.25) is 0 Å². The third kappa shape index (κ3) is 7.07. The van der Waals surface area contributed by atoms with E-state index in [1.807, 2.05) is 6.92 Å². The van der Waals surface area contributed by atoms with E-state index in [2.05, 4.69) is 26.0 Å². The van der Waals surface area contributed by atoms with Crippen molar-refractivity contribution in [1.82, 2.24) is 25.2 Å². The van der Waals surface area contributed by atoms with Gasteiger partial charge in [-0.3, -0.25) is 14.4 Å². The Labute approximate surface area is 286 Å². The number of carbonyl (C=O) groups excluding carboxylic acids is 4. The molecule has 0 saturated carbocycles. The van der Waals surface area contributed by atoms with Gasteiger partial charge in [-0.1, -0.05) is 30.3 Å². The summed E-state index contributed by atoms with van der Waals surface area (Å²) in [5.74, 6) is -4.38. The predicted octanol–water partition coefficient (Wildman–Crippen LogP) is 5.87. The highest BCUT2D eigenvalue weighted by Crippen LogP contribution is 2.35. The molecule has 11 nitrogen and oxygen atoms in total. The van der Waals surface area contributed by atoms with Gasteiger partial charge in [-0.2, -0.15) is 5.10 Å². The van der Waals surface area contributed by atoms with Crippen molar-refractivity contribution < 1.29 is 32.7 Å². The van der Waals surface area contributed by atoms with Crippen molar-refractivity contribution >= 4 is 35.0 Å². The number of hydrogen-bond acceptors (Lipinski definition) is 7. The number of esters is 1. The largest absolute Gasteiger partial charge is 0.456 e. The standard InChI is InChI=1S/C37H34F2N6O5/c1-20-23-13-15-29(25(23)12-11-24(20)36(49)50-37(2,3)4)44-35(48)31-17-30(34(47)40-18-21-10-14-27(38)28(39)16-21)43-32-26(19-41-45(31)32)33(46)42-22-8-6-5-7-9-22/h5-12,14,16-17,19,29H,13,15,18H2,1-4H3,(H,40,47)(H,42,46)(H,44,48)/t29-/m0/s1. The van der Waals surface area contributed by atoms with Gasteiger partial charge >= 0.3 is 5.97 Å². The molecule has 3 N–H and O–H groups in total. The third-order valence-corrected chi connectivity index (χ3v) is 8.27. The minimum Gasteiger partial charge on any atom is -0.456 e. The minimum absolute atomic E-state index is 0.00895. The van der Waals surface area contributed by atoms with Crippen LogP contribution >= 0.6 is 0 Å². The van der Waals surface area contributed by atoms with Gasteiger partial charge in [0.05, 0.1) is 17.8 Å².